The summed E-state index contributed by atoms with van der Waals surface area (Å²) in [5.41, 5.74) is 0.492. The van der Waals surface area contributed by atoms with Gasteiger partial charge in [0.2, 0.25) is 0 Å². The van der Waals surface area contributed by atoms with Crippen molar-refractivity contribution in [1.29, 1.82) is 0 Å². The second-order valence-corrected chi connectivity index (χ2v) is 5.25. The highest BCUT2D eigenvalue weighted by Crippen LogP contribution is 2.49. The fourth-order valence-electron chi connectivity index (χ4n) is 2.98. The van der Waals surface area contributed by atoms with Crippen molar-refractivity contribution in [3.8, 4) is 0 Å². The van der Waals surface area contributed by atoms with Crippen molar-refractivity contribution < 1.29 is 14.2 Å². The van der Waals surface area contributed by atoms with Crippen molar-refractivity contribution in [1.82, 2.24) is 0 Å². The molecule has 0 bridgehead atoms. The summed E-state index contributed by atoms with van der Waals surface area (Å²) in [6.07, 6.45) is 2.58. The molecule has 2 aliphatic rings. The van der Waals surface area contributed by atoms with E-state index in [0.29, 0.717) is 6.10 Å². The summed E-state index contributed by atoms with van der Waals surface area (Å²) >= 11 is 0. The Kier molecular flexibility index (Phi) is 3.57. The number of hydrogen-bond donors (Lipinski definition) is 0. The molecule has 3 nitrogen and oxygen atoms in total. The van der Waals surface area contributed by atoms with E-state index in [1.165, 1.54) is 0 Å². The zero-order chi connectivity index (χ0) is 11.6. The van der Waals surface area contributed by atoms with Gasteiger partial charge in [0.15, 0.2) is 0 Å². The van der Waals surface area contributed by atoms with E-state index in [1.54, 1.807) is 0 Å². The Morgan fingerprint density at radius 1 is 0.938 bits per heavy atom. The van der Waals surface area contributed by atoms with Crippen LogP contribution >= 0.6 is 0 Å². The Labute approximate surface area is 98.4 Å². The van der Waals surface area contributed by atoms with Gasteiger partial charge in [-0.2, -0.15) is 0 Å². The first kappa shape index (κ1) is 12.3. The van der Waals surface area contributed by atoms with Gasteiger partial charge in [0.25, 0.3) is 0 Å². The van der Waals surface area contributed by atoms with Gasteiger partial charge in [0.1, 0.15) is 0 Å². The van der Waals surface area contributed by atoms with Gasteiger partial charge in [-0.3, -0.25) is 0 Å². The molecule has 0 atom stereocenters. The van der Waals surface area contributed by atoms with Crippen LogP contribution in [0.15, 0.2) is 0 Å². The molecule has 2 aliphatic heterocycles. The lowest BCUT2D eigenvalue weighted by molar-refractivity contribution is -0.272. The molecule has 0 aromatic rings. The Hall–Kier alpha value is -0.120. The molecule has 0 aromatic carbocycles. The molecule has 0 spiro atoms. The number of rotatable bonds is 6. The average Bonchev–Trinajstić information content (AvgIpc) is 2.16. The normalized spacial score (nSPS) is 26.2. The molecule has 0 radical (unpaired) electrons. The molecule has 0 amide bonds. The van der Waals surface area contributed by atoms with Gasteiger partial charge in [0.05, 0.1) is 32.5 Å². The van der Waals surface area contributed by atoms with Crippen LogP contribution in [0, 0.1) is 10.8 Å². The largest absolute Gasteiger partial charge is 0.380 e. The third-order valence-electron chi connectivity index (χ3n) is 4.41. The quantitative estimate of drug-likeness (QED) is 0.698. The maximum Gasteiger partial charge on any atom is 0.0775 e. The molecule has 0 aromatic heterocycles. The molecule has 3 heteroatoms. The Balaban J connectivity index is 2.15. The maximum atomic E-state index is 6.08. The van der Waals surface area contributed by atoms with E-state index in [1.807, 2.05) is 0 Å². The summed E-state index contributed by atoms with van der Waals surface area (Å²) in [5, 5.41) is 0. The van der Waals surface area contributed by atoms with Gasteiger partial charge >= 0.3 is 0 Å². The minimum atomic E-state index is 0.246. The molecule has 2 heterocycles. The molecule has 0 saturated carbocycles. The Morgan fingerprint density at radius 3 is 1.56 bits per heavy atom. The zero-order valence-corrected chi connectivity index (χ0v) is 10.8. The molecule has 0 N–H and O–H groups in total. The van der Waals surface area contributed by atoms with Gasteiger partial charge in [-0.25, -0.2) is 0 Å². The molecule has 16 heavy (non-hydrogen) atoms. The summed E-state index contributed by atoms with van der Waals surface area (Å²) in [7, 11) is 0. The van der Waals surface area contributed by atoms with Crippen LogP contribution in [0.1, 0.15) is 33.6 Å². The Bertz CT molecular complexity index is 198. The molecule has 2 rings (SSSR count). The van der Waals surface area contributed by atoms with E-state index in [0.717, 1.165) is 45.9 Å². The van der Waals surface area contributed by atoms with Crippen LogP contribution in [0.3, 0.4) is 0 Å². The number of hydrogen-bond acceptors (Lipinski definition) is 3. The van der Waals surface area contributed by atoms with Gasteiger partial charge in [-0.15, -0.1) is 0 Å². The van der Waals surface area contributed by atoms with E-state index in [9.17, 15) is 0 Å². The Morgan fingerprint density at radius 2 is 1.38 bits per heavy atom. The van der Waals surface area contributed by atoms with Crippen LogP contribution in [0.5, 0.6) is 0 Å². The van der Waals surface area contributed by atoms with Gasteiger partial charge in [-0.05, 0) is 19.8 Å². The zero-order valence-electron chi connectivity index (χ0n) is 10.8. The van der Waals surface area contributed by atoms with E-state index in [-0.39, 0.29) is 10.8 Å². The topological polar surface area (TPSA) is 27.7 Å². The van der Waals surface area contributed by atoms with Crippen molar-refractivity contribution >= 4 is 0 Å². The second kappa shape index (κ2) is 4.63. The summed E-state index contributed by atoms with van der Waals surface area (Å²) < 4.78 is 17.0. The molecule has 2 saturated heterocycles. The van der Waals surface area contributed by atoms with Crippen molar-refractivity contribution in [3.05, 3.63) is 0 Å². The third kappa shape index (κ3) is 1.69. The van der Waals surface area contributed by atoms with Crippen molar-refractivity contribution in [3.63, 3.8) is 0 Å². The summed E-state index contributed by atoms with van der Waals surface area (Å²) in [5.74, 6) is 0. The van der Waals surface area contributed by atoms with Crippen molar-refractivity contribution in [2.75, 3.05) is 33.0 Å². The van der Waals surface area contributed by atoms with E-state index >= 15 is 0 Å². The van der Waals surface area contributed by atoms with Crippen molar-refractivity contribution in [2.24, 2.45) is 10.8 Å². The summed E-state index contributed by atoms with van der Waals surface area (Å²) in [4.78, 5) is 0. The lowest BCUT2D eigenvalue weighted by Crippen LogP contribution is -2.64. The van der Waals surface area contributed by atoms with E-state index in [2.05, 4.69) is 20.8 Å². The predicted molar refractivity (Wildman–Crippen MR) is 62.5 cm³/mol. The first-order chi connectivity index (χ1) is 7.73. The smallest absolute Gasteiger partial charge is 0.0775 e. The average molecular weight is 228 g/mol. The van der Waals surface area contributed by atoms with Gasteiger partial charge < -0.3 is 14.2 Å². The fraction of sp³-hybridized carbons (Fsp3) is 1.00. The lowest BCUT2D eigenvalue weighted by Gasteiger charge is -2.56. The van der Waals surface area contributed by atoms with Gasteiger partial charge in [0, 0.05) is 17.4 Å². The van der Waals surface area contributed by atoms with Crippen LogP contribution in [-0.2, 0) is 14.2 Å². The third-order valence-corrected chi connectivity index (χ3v) is 4.41. The standard InChI is InChI=1S/C13H24O3/c1-4-12(7-14-8-12)11(16-6-3)13(5-2)9-15-10-13/h11H,4-10H2,1-3H3. The first-order valence-corrected chi connectivity index (χ1v) is 6.50. The van der Waals surface area contributed by atoms with Crippen LogP contribution in [0.2, 0.25) is 0 Å². The second-order valence-electron chi connectivity index (χ2n) is 5.25. The molecule has 0 aliphatic carbocycles. The predicted octanol–water partition coefficient (Wildman–Crippen LogP) is 2.24. The van der Waals surface area contributed by atoms with Gasteiger partial charge in [-0.1, -0.05) is 13.8 Å². The molecule has 2 fully saturated rings. The summed E-state index contributed by atoms with van der Waals surface area (Å²) in [6.45, 7) is 10.8. The summed E-state index contributed by atoms with van der Waals surface area (Å²) in [6, 6.07) is 0. The molecule has 94 valence electrons. The maximum absolute atomic E-state index is 6.08. The molecular weight excluding hydrogens is 204 g/mol. The number of ether oxygens (including phenoxy) is 3. The minimum Gasteiger partial charge on any atom is -0.380 e. The molecule has 0 unspecified atom stereocenters. The highest BCUT2D eigenvalue weighted by molar-refractivity contribution is 5.04. The van der Waals surface area contributed by atoms with Crippen molar-refractivity contribution in [2.45, 2.75) is 39.7 Å². The van der Waals surface area contributed by atoms with Crippen LogP contribution < -0.4 is 0 Å². The highest BCUT2D eigenvalue weighted by atomic mass is 16.5. The van der Waals surface area contributed by atoms with Crippen LogP contribution in [0.4, 0.5) is 0 Å². The highest BCUT2D eigenvalue weighted by Gasteiger charge is 2.57. The minimum absolute atomic E-state index is 0.246. The fourth-order valence-corrected chi connectivity index (χ4v) is 2.98. The van der Waals surface area contributed by atoms with Crippen LogP contribution in [-0.4, -0.2) is 39.1 Å². The first-order valence-electron chi connectivity index (χ1n) is 6.50. The SMILES string of the molecule is CCOC(C1(CC)COC1)C1(CC)COC1. The van der Waals surface area contributed by atoms with Crippen LogP contribution in [0.25, 0.3) is 0 Å². The van der Waals surface area contributed by atoms with E-state index in [4.69, 9.17) is 14.2 Å². The lowest BCUT2D eigenvalue weighted by atomic mass is 9.63. The monoisotopic (exact) mass is 228 g/mol. The molecular formula is C13H24O3. The van der Waals surface area contributed by atoms with E-state index < -0.39 is 0 Å².